The van der Waals surface area contributed by atoms with Gasteiger partial charge in [-0.1, -0.05) is 30.3 Å². The van der Waals surface area contributed by atoms with Crippen LogP contribution < -0.4 is 14.2 Å². The molecule has 0 saturated carbocycles. The molecule has 8 nitrogen and oxygen atoms in total. The smallest absolute Gasteiger partial charge is 0.246 e. The van der Waals surface area contributed by atoms with E-state index in [9.17, 15) is 4.79 Å². The summed E-state index contributed by atoms with van der Waals surface area (Å²) in [4.78, 5) is 13.9. The van der Waals surface area contributed by atoms with Crippen LogP contribution in [0.25, 0.3) is 5.82 Å². The minimum atomic E-state index is -0.282. The molecule has 0 fully saturated rings. The second-order valence-corrected chi connectivity index (χ2v) is 7.66. The third kappa shape index (κ3) is 4.45. The number of aromatic nitrogens is 4. The lowest BCUT2D eigenvalue weighted by molar-refractivity contribution is 0.103. The maximum absolute atomic E-state index is 13.9. The monoisotopic (exact) mass is 446 g/mol. The molecule has 0 N–H and O–H groups in total. The van der Waals surface area contributed by atoms with Gasteiger partial charge >= 0.3 is 0 Å². The van der Waals surface area contributed by atoms with Gasteiger partial charge in [-0.25, -0.2) is 9.36 Å². The fraction of sp³-hybridized carbons (Fsp3) is 0.240. The fourth-order valence-electron chi connectivity index (χ4n) is 3.53. The van der Waals surface area contributed by atoms with Crippen LogP contribution in [0.5, 0.6) is 17.4 Å². The average molecular weight is 447 g/mol. The molecule has 2 aromatic carbocycles. The van der Waals surface area contributed by atoms with E-state index in [0.717, 1.165) is 5.56 Å². The molecule has 2 aromatic heterocycles. The highest BCUT2D eigenvalue weighted by Crippen LogP contribution is 2.34. The number of hydrogen-bond donors (Lipinski definition) is 0. The van der Waals surface area contributed by atoms with Gasteiger partial charge in [-0.05, 0) is 37.6 Å². The zero-order valence-electron chi connectivity index (χ0n) is 19.1. The van der Waals surface area contributed by atoms with E-state index in [1.807, 2.05) is 44.2 Å². The lowest BCUT2D eigenvalue weighted by Gasteiger charge is -2.13. The number of ether oxygens (including phenoxy) is 3. The van der Waals surface area contributed by atoms with E-state index >= 15 is 0 Å². The van der Waals surface area contributed by atoms with E-state index in [2.05, 4.69) is 10.2 Å². The van der Waals surface area contributed by atoms with Crippen molar-refractivity contribution >= 4 is 5.78 Å². The summed E-state index contributed by atoms with van der Waals surface area (Å²) in [6.45, 7) is 4.25. The first-order valence-electron chi connectivity index (χ1n) is 10.6. The van der Waals surface area contributed by atoms with Gasteiger partial charge in [0.2, 0.25) is 11.7 Å². The lowest BCUT2D eigenvalue weighted by atomic mass is 10.0. The molecule has 4 rings (SSSR count). The molecule has 8 heteroatoms. The Bertz CT molecular complexity index is 1230. The average Bonchev–Trinajstić information content (AvgIpc) is 3.50. The summed E-state index contributed by atoms with van der Waals surface area (Å²) in [5.41, 5.74) is 1.66. The molecule has 0 radical (unpaired) electrons. The molecule has 0 aliphatic carbocycles. The maximum atomic E-state index is 13.9. The van der Waals surface area contributed by atoms with Crippen molar-refractivity contribution in [2.75, 3.05) is 14.2 Å². The van der Waals surface area contributed by atoms with E-state index in [0.29, 0.717) is 28.4 Å². The summed E-state index contributed by atoms with van der Waals surface area (Å²) in [6.07, 6.45) is 3.43. The number of nitrogens with zero attached hydrogens (tertiary/aromatic N) is 4. The summed E-state index contributed by atoms with van der Waals surface area (Å²) < 4.78 is 20.2. The van der Waals surface area contributed by atoms with Gasteiger partial charge < -0.3 is 14.2 Å². The Labute approximate surface area is 192 Å². The Hall–Kier alpha value is -4.07. The molecular weight excluding hydrogens is 420 g/mol. The van der Waals surface area contributed by atoms with E-state index in [1.54, 1.807) is 53.1 Å². The summed E-state index contributed by atoms with van der Waals surface area (Å²) in [7, 11) is 3.08. The summed E-state index contributed by atoms with van der Waals surface area (Å²) in [5.74, 6) is 1.48. The Kier molecular flexibility index (Phi) is 6.44. The number of benzene rings is 2. The molecule has 2 heterocycles. The van der Waals surface area contributed by atoms with Crippen molar-refractivity contribution in [1.29, 1.82) is 0 Å². The van der Waals surface area contributed by atoms with Crippen LogP contribution in [-0.2, 0) is 6.61 Å². The Morgan fingerprint density at radius 3 is 2.45 bits per heavy atom. The van der Waals surface area contributed by atoms with Gasteiger partial charge in [-0.2, -0.15) is 5.10 Å². The number of carbonyl (C=O) groups is 1. The predicted molar refractivity (Wildman–Crippen MR) is 123 cm³/mol. The van der Waals surface area contributed by atoms with E-state index in [1.165, 1.54) is 7.11 Å². The largest absolute Gasteiger partial charge is 0.497 e. The van der Waals surface area contributed by atoms with E-state index in [-0.39, 0.29) is 24.3 Å². The van der Waals surface area contributed by atoms with Crippen LogP contribution in [0.4, 0.5) is 0 Å². The molecule has 33 heavy (non-hydrogen) atoms. The number of methoxy groups -OCH3 is 2. The van der Waals surface area contributed by atoms with Gasteiger partial charge in [0.25, 0.3) is 0 Å². The standard InChI is InChI=1S/C25H26N4O4/c1-17(2)29-25(28-14-8-13-26-28)22(24(27-29)33-16-18-9-6-5-7-10-18)23(30)20-12-11-19(31-3)15-21(20)32-4/h5-15,17H,16H2,1-4H3. The molecule has 0 amide bonds. The van der Waals surface area contributed by atoms with Crippen LogP contribution in [-0.4, -0.2) is 39.6 Å². The number of ketones is 1. The van der Waals surface area contributed by atoms with Crippen molar-refractivity contribution < 1.29 is 19.0 Å². The first-order valence-corrected chi connectivity index (χ1v) is 10.6. The van der Waals surface area contributed by atoms with Crippen molar-refractivity contribution in [2.45, 2.75) is 26.5 Å². The zero-order chi connectivity index (χ0) is 23.4. The SMILES string of the molecule is COc1ccc(C(=O)c2c(OCc3ccccc3)nn(C(C)C)c2-n2cccn2)c(OC)c1. The maximum Gasteiger partial charge on any atom is 0.246 e. The fourth-order valence-corrected chi connectivity index (χ4v) is 3.53. The second kappa shape index (κ2) is 9.60. The zero-order valence-corrected chi connectivity index (χ0v) is 19.1. The molecule has 0 aliphatic heterocycles. The first kappa shape index (κ1) is 22.1. The molecule has 0 spiro atoms. The molecule has 0 atom stereocenters. The van der Waals surface area contributed by atoms with E-state index < -0.39 is 0 Å². The topological polar surface area (TPSA) is 80.4 Å². The molecule has 0 aliphatic rings. The molecule has 4 aromatic rings. The first-order chi connectivity index (χ1) is 16.0. The van der Waals surface area contributed by atoms with Crippen LogP contribution in [0.2, 0.25) is 0 Å². The Morgan fingerprint density at radius 2 is 1.82 bits per heavy atom. The van der Waals surface area contributed by atoms with Gasteiger partial charge in [-0.15, -0.1) is 5.10 Å². The van der Waals surface area contributed by atoms with Crippen molar-refractivity contribution in [1.82, 2.24) is 19.6 Å². The van der Waals surface area contributed by atoms with Crippen molar-refractivity contribution in [3.63, 3.8) is 0 Å². The minimum Gasteiger partial charge on any atom is -0.497 e. The third-order valence-corrected chi connectivity index (χ3v) is 5.16. The van der Waals surface area contributed by atoms with Crippen molar-refractivity contribution in [3.8, 4) is 23.2 Å². The van der Waals surface area contributed by atoms with Gasteiger partial charge in [0.05, 0.1) is 19.8 Å². The summed E-state index contributed by atoms with van der Waals surface area (Å²) in [5, 5.41) is 9.03. The number of hydrogen-bond acceptors (Lipinski definition) is 6. The van der Waals surface area contributed by atoms with Gasteiger partial charge in [0, 0.05) is 24.5 Å². The van der Waals surface area contributed by atoms with E-state index in [4.69, 9.17) is 14.2 Å². The number of rotatable bonds is 9. The molecule has 0 saturated heterocycles. The highest BCUT2D eigenvalue weighted by Gasteiger charge is 2.30. The predicted octanol–water partition coefficient (Wildman–Crippen LogP) is 4.48. The van der Waals surface area contributed by atoms with Crippen LogP contribution in [0.1, 0.15) is 41.4 Å². The van der Waals surface area contributed by atoms with Crippen LogP contribution in [0, 0.1) is 0 Å². The molecule has 0 bridgehead atoms. The normalized spacial score (nSPS) is 10.9. The quantitative estimate of drug-likeness (QED) is 0.353. The molecule has 170 valence electrons. The van der Waals surface area contributed by atoms with Crippen LogP contribution in [0.15, 0.2) is 67.0 Å². The third-order valence-electron chi connectivity index (χ3n) is 5.16. The van der Waals surface area contributed by atoms with Gasteiger partial charge in [-0.3, -0.25) is 4.79 Å². The highest BCUT2D eigenvalue weighted by molar-refractivity contribution is 6.14. The van der Waals surface area contributed by atoms with Crippen LogP contribution in [0.3, 0.4) is 0 Å². The molecular formula is C25H26N4O4. The second-order valence-electron chi connectivity index (χ2n) is 7.66. The highest BCUT2D eigenvalue weighted by atomic mass is 16.5. The summed E-state index contributed by atoms with van der Waals surface area (Å²) in [6, 6.07) is 16.6. The Balaban J connectivity index is 1.86. The molecule has 0 unspecified atom stereocenters. The van der Waals surface area contributed by atoms with Crippen LogP contribution >= 0.6 is 0 Å². The number of carbonyl (C=O) groups excluding carboxylic acids is 1. The van der Waals surface area contributed by atoms with Gasteiger partial charge in [0.15, 0.2) is 5.82 Å². The minimum absolute atomic E-state index is 0.0393. The van der Waals surface area contributed by atoms with Crippen molar-refractivity contribution in [2.24, 2.45) is 0 Å². The Morgan fingerprint density at radius 1 is 1.03 bits per heavy atom. The lowest BCUT2D eigenvalue weighted by Crippen LogP contribution is -2.14. The van der Waals surface area contributed by atoms with Crippen molar-refractivity contribution in [3.05, 3.63) is 83.7 Å². The summed E-state index contributed by atoms with van der Waals surface area (Å²) >= 11 is 0. The van der Waals surface area contributed by atoms with Gasteiger partial charge in [0.1, 0.15) is 23.7 Å².